The van der Waals surface area contributed by atoms with Gasteiger partial charge in [-0.1, -0.05) is 13.3 Å². The summed E-state index contributed by atoms with van der Waals surface area (Å²) in [7, 11) is 0. The molecule has 0 saturated carbocycles. The van der Waals surface area contributed by atoms with E-state index < -0.39 is 0 Å². The topological polar surface area (TPSA) is 54.4 Å². The minimum absolute atomic E-state index is 0. The van der Waals surface area contributed by atoms with Crippen LogP contribution in [0, 0.1) is 0 Å². The molecule has 13 heavy (non-hydrogen) atoms. The molecule has 0 aromatic rings. The summed E-state index contributed by atoms with van der Waals surface area (Å²) in [6.07, 6.45) is 2.12. The molecule has 0 saturated heterocycles. The molecule has 0 atom stereocenters. The Morgan fingerprint density at radius 3 is 1.54 bits per heavy atom. The maximum Gasteiger partial charge on any atom is 0.137 e. The predicted molar refractivity (Wildman–Crippen MR) is 48.0 cm³/mol. The molecular weight excluding hydrogens is 204 g/mol. The van der Waals surface area contributed by atoms with Crippen LogP contribution in [-0.2, 0) is 31.3 Å². The summed E-state index contributed by atoms with van der Waals surface area (Å²) >= 11 is 0. The smallest absolute Gasteiger partial charge is 0.137 e. The van der Waals surface area contributed by atoms with Gasteiger partial charge in [-0.15, -0.1) is 0 Å². The minimum Gasteiger partial charge on any atom is -0.396 e. The Balaban J connectivity index is -0.000000150. The summed E-state index contributed by atoms with van der Waals surface area (Å²) < 4.78 is 0. The number of ketones is 2. The molecule has 0 aliphatic rings. The molecular formula is C9H18O3Ti. The molecule has 0 aliphatic heterocycles. The fraction of sp³-hybridized carbons (Fsp3) is 0.778. The first-order valence-corrected chi connectivity index (χ1v) is 4.14. The molecule has 0 aromatic heterocycles. The van der Waals surface area contributed by atoms with Gasteiger partial charge in [0, 0.05) is 28.3 Å². The molecule has 0 aromatic carbocycles. The zero-order chi connectivity index (χ0) is 9.98. The van der Waals surface area contributed by atoms with Gasteiger partial charge in [0.2, 0.25) is 0 Å². The molecule has 76 valence electrons. The van der Waals surface area contributed by atoms with Crippen molar-refractivity contribution in [2.75, 3.05) is 6.61 Å². The van der Waals surface area contributed by atoms with Crippen molar-refractivity contribution >= 4 is 11.6 Å². The van der Waals surface area contributed by atoms with Crippen molar-refractivity contribution in [3.8, 4) is 0 Å². The van der Waals surface area contributed by atoms with E-state index in [0.717, 1.165) is 12.8 Å². The number of aliphatic hydroxyl groups excluding tert-OH is 1. The number of hydrogen-bond acceptors (Lipinski definition) is 3. The standard InChI is InChI=1S/C5H8O2.C4H10O.Ti/c1-4(6)3-5(2)7;1-2-3-4-5;/h3H2,1-2H3;5H,2-4H2,1H3;. The third-order valence-corrected chi connectivity index (χ3v) is 1.01. The monoisotopic (exact) mass is 222 g/mol. The van der Waals surface area contributed by atoms with Gasteiger partial charge < -0.3 is 5.11 Å². The average molecular weight is 222 g/mol. The molecule has 1 N–H and O–H groups in total. The van der Waals surface area contributed by atoms with Crippen molar-refractivity contribution in [2.24, 2.45) is 0 Å². The van der Waals surface area contributed by atoms with Crippen LogP contribution in [-0.4, -0.2) is 23.3 Å². The van der Waals surface area contributed by atoms with E-state index in [1.54, 1.807) is 0 Å². The van der Waals surface area contributed by atoms with Gasteiger partial charge in [0.1, 0.15) is 11.6 Å². The second-order valence-corrected chi connectivity index (χ2v) is 2.66. The molecule has 3 nitrogen and oxygen atoms in total. The van der Waals surface area contributed by atoms with Crippen molar-refractivity contribution in [2.45, 2.75) is 40.0 Å². The summed E-state index contributed by atoms with van der Waals surface area (Å²) in [5.41, 5.74) is 0. The number of unbranched alkanes of at least 4 members (excludes halogenated alkanes) is 1. The van der Waals surface area contributed by atoms with Gasteiger partial charge >= 0.3 is 0 Å². The first kappa shape index (κ1) is 18.7. The quantitative estimate of drug-likeness (QED) is 0.576. The van der Waals surface area contributed by atoms with Crippen LogP contribution in [0.2, 0.25) is 0 Å². The van der Waals surface area contributed by atoms with Crippen molar-refractivity contribution in [3.05, 3.63) is 0 Å². The molecule has 0 heterocycles. The average Bonchev–Trinajstić information content (AvgIpc) is 1.87. The van der Waals surface area contributed by atoms with Crippen LogP contribution in [0.15, 0.2) is 0 Å². The van der Waals surface area contributed by atoms with Gasteiger partial charge in [0.15, 0.2) is 0 Å². The van der Waals surface area contributed by atoms with Crippen LogP contribution >= 0.6 is 0 Å². The van der Waals surface area contributed by atoms with E-state index in [4.69, 9.17) is 5.11 Å². The van der Waals surface area contributed by atoms with Crippen LogP contribution in [0.1, 0.15) is 40.0 Å². The first-order valence-electron chi connectivity index (χ1n) is 4.14. The van der Waals surface area contributed by atoms with E-state index in [1.807, 2.05) is 0 Å². The summed E-state index contributed by atoms with van der Waals surface area (Å²) in [6.45, 7) is 5.20. The van der Waals surface area contributed by atoms with Gasteiger partial charge in [-0.25, -0.2) is 0 Å². The van der Waals surface area contributed by atoms with E-state index in [1.165, 1.54) is 13.8 Å². The van der Waals surface area contributed by atoms with Crippen molar-refractivity contribution in [3.63, 3.8) is 0 Å². The summed E-state index contributed by atoms with van der Waals surface area (Å²) in [6, 6.07) is 0. The molecule has 0 radical (unpaired) electrons. The number of Topliss-reactive ketones (excluding diaryl/α,β-unsaturated/α-hetero) is 2. The Bertz CT molecular complexity index is 121. The number of aliphatic hydroxyl groups is 1. The number of carbonyl (C=O) groups excluding carboxylic acids is 2. The maximum absolute atomic E-state index is 10.0. The summed E-state index contributed by atoms with van der Waals surface area (Å²) in [5, 5.41) is 8.07. The molecule has 0 rings (SSSR count). The van der Waals surface area contributed by atoms with E-state index in [2.05, 4.69) is 6.92 Å². The molecule has 0 spiro atoms. The Kier molecular flexibility index (Phi) is 20.9. The summed E-state index contributed by atoms with van der Waals surface area (Å²) in [4.78, 5) is 20.1. The Hall–Kier alpha value is 0.0143. The number of hydrogen-bond donors (Lipinski definition) is 1. The second kappa shape index (κ2) is 14.5. The zero-order valence-corrected chi connectivity index (χ0v) is 10.2. The normalized spacial score (nSPS) is 7.69. The van der Waals surface area contributed by atoms with Crippen molar-refractivity contribution in [1.29, 1.82) is 0 Å². The number of rotatable bonds is 4. The van der Waals surface area contributed by atoms with Crippen molar-refractivity contribution in [1.82, 2.24) is 0 Å². The Morgan fingerprint density at radius 2 is 1.54 bits per heavy atom. The predicted octanol–water partition coefficient (Wildman–Crippen LogP) is 1.33. The SMILES string of the molecule is CC(=O)CC(C)=O.CCCCO.[Ti]. The molecule has 0 unspecified atom stereocenters. The van der Waals surface area contributed by atoms with Crippen molar-refractivity contribution < 1.29 is 36.4 Å². The summed E-state index contributed by atoms with van der Waals surface area (Å²) in [5.74, 6) is -0.125. The van der Waals surface area contributed by atoms with E-state index in [-0.39, 0.29) is 39.7 Å². The zero-order valence-electron chi connectivity index (χ0n) is 8.59. The number of carbonyl (C=O) groups is 2. The maximum atomic E-state index is 10.0. The third-order valence-electron chi connectivity index (χ3n) is 1.01. The molecule has 4 heteroatoms. The van der Waals surface area contributed by atoms with Crippen LogP contribution in [0.25, 0.3) is 0 Å². The van der Waals surface area contributed by atoms with Crippen LogP contribution in [0.4, 0.5) is 0 Å². The third kappa shape index (κ3) is 33.3. The van der Waals surface area contributed by atoms with Crippen LogP contribution < -0.4 is 0 Å². The second-order valence-electron chi connectivity index (χ2n) is 2.66. The fourth-order valence-electron chi connectivity index (χ4n) is 0.509. The van der Waals surface area contributed by atoms with E-state index in [0.29, 0.717) is 6.61 Å². The molecule has 0 amide bonds. The largest absolute Gasteiger partial charge is 0.396 e. The van der Waals surface area contributed by atoms with Gasteiger partial charge in [-0.3, -0.25) is 9.59 Å². The first-order chi connectivity index (χ1) is 5.54. The van der Waals surface area contributed by atoms with Gasteiger partial charge in [-0.2, -0.15) is 0 Å². The van der Waals surface area contributed by atoms with Gasteiger partial charge in [0.05, 0.1) is 6.42 Å². The fourth-order valence-corrected chi connectivity index (χ4v) is 0.509. The Labute approximate surface area is 94.8 Å². The van der Waals surface area contributed by atoms with Crippen LogP contribution in [0.5, 0.6) is 0 Å². The van der Waals surface area contributed by atoms with Gasteiger partial charge in [-0.05, 0) is 20.3 Å². The molecule has 0 bridgehead atoms. The molecule has 0 aliphatic carbocycles. The Morgan fingerprint density at radius 1 is 1.15 bits per heavy atom. The van der Waals surface area contributed by atoms with Crippen LogP contribution in [0.3, 0.4) is 0 Å². The molecule has 0 fully saturated rings. The van der Waals surface area contributed by atoms with E-state index in [9.17, 15) is 9.59 Å². The van der Waals surface area contributed by atoms with E-state index >= 15 is 0 Å². The minimum atomic E-state index is -0.0625. The van der Waals surface area contributed by atoms with Gasteiger partial charge in [0.25, 0.3) is 0 Å².